The van der Waals surface area contributed by atoms with Crippen molar-refractivity contribution < 1.29 is 19.2 Å². The number of unbranched alkanes of at least 4 members (excludes halogenated alkanes) is 16. The number of imide groups is 2. The van der Waals surface area contributed by atoms with Gasteiger partial charge in [0.1, 0.15) is 0 Å². The minimum Gasteiger partial charge on any atom is -0.337 e. The summed E-state index contributed by atoms with van der Waals surface area (Å²) in [4.78, 5) is 61.2. The molecule has 1 aliphatic rings. The van der Waals surface area contributed by atoms with E-state index >= 15 is 0 Å². The number of urea groups is 2. The van der Waals surface area contributed by atoms with Gasteiger partial charge in [-0.25, -0.2) is 9.59 Å². The lowest BCUT2D eigenvalue weighted by molar-refractivity contribution is -0.129. The zero-order chi connectivity index (χ0) is 41.1. The Morgan fingerprint density at radius 1 is 0.527 bits per heavy atom. The fourth-order valence-corrected chi connectivity index (χ4v) is 8.48. The fourth-order valence-electron chi connectivity index (χ4n) is 8.48. The molecule has 2 N–H and O–H groups in total. The van der Waals surface area contributed by atoms with Crippen molar-refractivity contribution in [3.63, 3.8) is 0 Å². The van der Waals surface area contributed by atoms with Crippen LogP contribution in [0.1, 0.15) is 189 Å². The van der Waals surface area contributed by atoms with Crippen molar-refractivity contribution in [3.05, 3.63) is 0 Å². The minimum absolute atomic E-state index is 0.0809. The third-order valence-electron chi connectivity index (χ3n) is 11.3. The third-order valence-corrected chi connectivity index (χ3v) is 11.3. The van der Waals surface area contributed by atoms with Crippen molar-refractivity contribution in [3.8, 4) is 0 Å². The van der Waals surface area contributed by atoms with E-state index in [0.29, 0.717) is 45.4 Å². The fraction of sp³-hybridized carbons (Fsp3) is 0.911. The highest BCUT2D eigenvalue weighted by Crippen LogP contribution is 2.46. The molecule has 10 nitrogen and oxygen atoms in total. The molecule has 0 radical (unpaired) electrons. The Morgan fingerprint density at radius 3 is 1.42 bits per heavy atom. The highest BCUT2D eigenvalue weighted by Gasteiger charge is 2.42. The van der Waals surface area contributed by atoms with E-state index in [1.807, 2.05) is 33.1 Å². The zero-order valence-corrected chi connectivity index (χ0v) is 37.5. The van der Waals surface area contributed by atoms with Crippen molar-refractivity contribution in [2.24, 2.45) is 10.8 Å². The number of hydrogen-bond acceptors (Lipinski definition) is 6. The van der Waals surface area contributed by atoms with Crippen molar-refractivity contribution in [1.29, 1.82) is 0 Å². The van der Waals surface area contributed by atoms with Gasteiger partial charge >= 0.3 is 12.1 Å². The van der Waals surface area contributed by atoms with E-state index in [0.717, 1.165) is 64.3 Å². The first-order chi connectivity index (χ1) is 26.1. The molecule has 1 rings (SSSR count). The van der Waals surface area contributed by atoms with Crippen LogP contribution in [0.25, 0.3) is 0 Å². The van der Waals surface area contributed by atoms with Crippen molar-refractivity contribution in [2.75, 3.05) is 60.9 Å². The van der Waals surface area contributed by atoms with E-state index < -0.39 is 0 Å². The van der Waals surface area contributed by atoms with Gasteiger partial charge in [0.2, 0.25) is 11.8 Å². The largest absolute Gasteiger partial charge is 0.337 e. The molecule has 0 aromatic heterocycles. The lowest BCUT2D eigenvalue weighted by Gasteiger charge is -2.47. The van der Waals surface area contributed by atoms with Crippen LogP contribution in [-0.2, 0) is 9.59 Å². The van der Waals surface area contributed by atoms with Gasteiger partial charge in [0.15, 0.2) is 0 Å². The van der Waals surface area contributed by atoms with Gasteiger partial charge in [0.05, 0.1) is 0 Å². The van der Waals surface area contributed by atoms with Crippen LogP contribution < -0.4 is 10.6 Å². The van der Waals surface area contributed by atoms with Crippen LogP contribution in [0, 0.1) is 10.8 Å². The Morgan fingerprint density at radius 2 is 0.964 bits per heavy atom. The average molecular weight is 777 g/mol. The highest BCUT2D eigenvalue weighted by atomic mass is 16.2. The molecule has 2 unspecified atom stereocenters. The van der Waals surface area contributed by atoms with E-state index in [1.165, 1.54) is 86.8 Å². The number of rotatable bonds is 30. The van der Waals surface area contributed by atoms with Gasteiger partial charge in [-0.1, -0.05) is 137 Å². The van der Waals surface area contributed by atoms with E-state index in [1.54, 1.807) is 0 Å². The molecule has 0 aromatic carbocycles. The number of carbonyl (C=O) groups is 4. The molecule has 0 aliphatic heterocycles. The molecular formula is C45H88N6O4. The Balaban J connectivity index is 2.82. The second-order valence-electron chi connectivity index (χ2n) is 18.6. The smallest absolute Gasteiger partial charge is 0.324 e. The molecule has 1 fully saturated rings. The summed E-state index contributed by atoms with van der Waals surface area (Å²) in [5.41, 5.74) is -0.374. The van der Waals surface area contributed by atoms with Crippen LogP contribution in [-0.4, -0.2) is 110 Å². The molecule has 2 atom stereocenters. The number of nitrogens with one attached hydrogen (secondary N) is 2. The Hall–Kier alpha value is -2.20. The maximum atomic E-state index is 13.8. The molecular weight excluding hydrogens is 689 g/mol. The maximum Gasteiger partial charge on any atom is 0.324 e. The van der Waals surface area contributed by atoms with Gasteiger partial charge in [-0.2, -0.15) is 0 Å². The average Bonchev–Trinajstić information content (AvgIpc) is 3.10. The molecule has 322 valence electrons. The van der Waals surface area contributed by atoms with Crippen LogP contribution in [0.2, 0.25) is 0 Å². The van der Waals surface area contributed by atoms with Crippen molar-refractivity contribution in [2.45, 2.75) is 195 Å². The summed E-state index contributed by atoms with van der Waals surface area (Å²) in [5.74, 6) is -0.197. The first-order valence-electron chi connectivity index (χ1n) is 22.6. The summed E-state index contributed by atoms with van der Waals surface area (Å²) < 4.78 is 0. The summed E-state index contributed by atoms with van der Waals surface area (Å²) in [6, 6.07) is -0.763. The molecule has 1 aliphatic carbocycles. The number of nitrogens with zero attached hydrogens (tertiary/aromatic N) is 4. The second-order valence-corrected chi connectivity index (χ2v) is 18.6. The molecule has 1 saturated carbocycles. The van der Waals surface area contributed by atoms with Gasteiger partial charge in [0, 0.05) is 45.1 Å². The molecule has 0 saturated heterocycles. The summed E-state index contributed by atoms with van der Waals surface area (Å²) in [6.45, 7) is 13.7. The number of likely N-dealkylation sites (N-methyl/N-ethyl adjacent to an activating group) is 1. The SMILES string of the molecule is CCCCCCCCCCCC(=O)N(CCN(C)C)C(=O)NCC1(C)CC(NC(=O)N(CCCN(C)C)C(=O)CCCCCCCCCCC)CC(C)(C)C1. The normalized spacial score (nSPS) is 18.1. The first-order valence-corrected chi connectivity index (χ1v) is 22.6. The molecule has 10 heteroatoms. The topological polar surface area (TPSA) is 105 Å². The van der Waals surface area contributed by atoms with E-state index in [4.69, 9.17) is 0 Å². The Kier molecular flexibility index (Phi) is 26.9. The van der Waals surface area contributed by atoms with E-state index in [2.05, 4.69) is 50.2 Å². The van der Waals surface area contributed by atoms with Gasteiger partial charge in [0.25, 0.3) is 0 Å². The highest BCUT2D eigenvalue weighted by molar-refractivity contribution is 5.95. The maximum absolute atomic E-state index is 13.8. The molecule has 0 bridgehead atoms. The van der Waals surface area contributed by atoms with Crippen LogP contribution >= 0.6 is 0 Å². The Bertz CT molecular complexity index is 1070. The second kappa shape index (κ2) is 29.1. The molecule has 55 heavy (non-hydrogen) atoms. The van der Waals surface area contributed by atoms with Crippen LogP contribution in [0.4, 0.5) is 9.59 Å². The monoisotopic (exact) mass is 777 g/mol. The van der Waals surface area contributed by atoms with E-state index in [-0.39, 0.29) is 40.7 Å². The van der Waals surface area contributed by atoms with Gasteiger partial charge in [-0.05, 0) is 84.1 Å². The summed E-state index contributed by atoms with van der Waals surface area (Å²) in [7, 11) is 7.92. The lowest BCUT2D eigenvalue weighted by atomic mass is 9.62. The molecule has 0 heterocycles. The predicted molar refractivity (Wildman–Crippen MR) is 230 cm³/mol. The zero-order valence-electron chi connectivity index (χ0n) is 37.5. The minimum atomic E-state index is -0.331. The first kappa shape index (κ1) is 50.8. The van der Waals surface area contributed by atoms with E-state index in [9.17, 15) is 19.2 Å². The summed E-state index contributed by atoms with van der Waals surface area (Å²) >= 11 is 0. The summed E-state index contributed by atoms with van der Waals surface area (Å²) in [5, 5.41) is 6.40. The van der Waals surface area contributed by atoms with Gasteiger partial charge in [-0.15, -0.1) is 0 Å². The van der Waals surface area contributed by atoms with Crippen molar-refractivity contribution >= 4 is 23.9 Å². The Labute approximate surface area is 339 Å². The lowest BCUT2D eigenvalue weighted by Crippen LogP contribution is -2.55. The van der Waals surface area contributed by atoms with Crippen LogP contribution in [0.3, 0.4) is 0 Å². The predicted octanol–water partition coefficient (Wildman–Crippen LogP) is 10.0. The van der Waals surface area contributed by atoms with Gasteiger partial charge in [-0.3, -0.25) is 19.4 Å². The van der Waals surface area contributed by atoms with Crippen LogP contribution in [0.5, 0.6) is 0 Å². The molecule has 6 amide bonds. The number of carbonyl (C=O) groups excluding carboxylic acids is 4. The summed E-state index contributed by atoms with van der Waals surface area (Å²) in [6.07, 6.45) is 25.1. The third kappa shape index (κ3) is 24.2. The molecule has 0 spiro atoms. The number of amides is 6. The van der Waals surface area contributed by atoms with Crippen LogP contribution in [0.15, 0.2) is 0 Å². The quantitative estimate of drug-likeness (QED) is 0.0704. The standard InChI is InChI=1S/C45H88N6O4/c1-10-12-14-16-18-20-22-24-26-29-40(52)50(32-28-31-48(6)7)43(55)47-39-35-44(3,4)37-45(5,36-39)38-46-42(54)51(34-33-49(8)9)41(53)30-27-25-23-21-19-17-15-13-11-2/h39H,10-38H2,1-9H3,(H,46,54)(H,47,55). The molecule has 0 aromatic rings. The number of hydrogen-bond donors (Lipinski definition) is 2. The van der Waals surface area contributed by atoms with Crippen molar-refractivity contribution in [1.82, 2.24) is 30.2 Å². The van der Waals surface area contributed by atoms with Gasteiger partial charge < -0.3 is 20.4 Å².